The van der Waals surface area contributed by atoms with Crippen molar-refractivity contribution in [3.63, 3.8) is 0 Å². The summed E-state index contributed by atoms with van der Waals surface area (Å²) in [5.74, 6) is 0.235. The predicted molar refractivity (Wildman–Crippen MR) is 70.1 cm³/mol. The molecule has 6 heteroatoms. The summed E-state index contributed by atoms with van der Waals surface area (Å²) in [6.45, 7) is 1.87. The van der Waals surface area contributed by atoms with E-state index in [-0.39, 0.29) is 29.6 Å². The Balaban J connectivity index is 2.81. The fourth-order valence-corrected chi connectivity index (χ4v) is 3.74. The summed E-state index contributed by atoms with van der Waals surface area (Å²) in [7, 11) is 0. The number of rotatable bonds is 6. The molecule has 0 saturated carbocycles. The van der Waals surface area contributed by atoms with Crippen molar-refractivity contribution in [3.05, 3.63) is 9.81 Å². The fourth-order valence-electron chi connectivity index (χ4n) is 1.48. The van der Waals surface area contributed by atoms with Crippen LogP contribution < -0.4 is 0 Å². The number of hydrogen-bond acceptors (Lipinski definition) is 5. The van der Waals surface area contributed by atoms with Gasteiger partial charge in [0, 0.05) is 24.5 Å². The molecule has 0 spiro atoms. The van der Waals surface area contributed by atoms with Crippen molar-refractivity contribution in [1.29, 1.82) is 0 Å². The van der Waals surface area contributed by atoms with Crippen LogP contribution in [0.1, 0.15) is 19.8 Å². The van der Waals surface area contributed by atoms with Crippen LogP contribution in [0.15, 0.2) is 9.81 Å². The van der Waals surface area contributed by atoms with Gasteiger partial charge < -0.3 is 10.2 Å². The summed E-state index contributed by atoms with van der Waals surface area (Å²) >= 11 is 2.54. The van der Waals surface area contributed by atoms with E-state index < -0.39 is 5.97 Å². The zero-order chi connectivity index (χ0) is 12.8. The molecule has 1 unspecified atom stereocenters. The lowest BCUT2D eigenvalue weighted by atomic mass is 10.0. The van der Waals surface area contributed by atoms with Crippen molar-refractivity contribution in [2.45, 2.75) is 19.8 Å². The first kappa shape index (κ1) is 14.6. The Morgan fingerprint density at radius 1 is 1.29 bits per heavy atom. The van der Waals surface area contributed by atoms with Gasteiger partial charge in [-0.05, 0) is 5.92 Å². The Morgan fingerprint density at radius 2 is 1.88 bits per heavy atom. The molecule has 4 nitrogen and oxygen atoms in total. The quantitative estimate of drug-likeness (QED) is 0.769. The number of allylic oxidation sites excluding steroid dienone is 1. The standard InChI is InChI=1S/C11H16O4S2/c1-2-7(6-12)5-8(13)9-10(11(14)15)17-4-3-16-9/h7,12H,2-6H2,1H3,(H,14,15). The minimum absolute atomic E-state index is 0.0320. The van der Waals surface area contributed by atoms with Crippen molar-refractivity contribution in [1.82, 2.24) is 0 Å². The van der Waals surface area contributed by atoms with Gasteiger partial charge in [0.15, 0.2) is 5.78 Å². The van der Waals surface area contributed by atoms with Crippen LogP contribution in [0.5, 0.6) is 0 Å². The number of carbonyl (C=O) groups excluding carboxylic acids is 1. The second kappa shape index (κ2) is 7.08. The SMILES string of the molecule is CCC(CO)CC(=O)C1=C(C(=O)O)SCCS1. The first-order valence-electron chi connectivity index (χ1n) is 5.47. The number of aliphatic hydroxyl groups excluding tert-OH is 1. The molecule has 0 aromatic rings. The van der Waals surface area contributed by atoms with E-state index in [1.165, 1.54) is 23.5 Å². The van der Waals surface area contributed by atoms with Gasteiger partial charge in [-0.15, -0.1) is 23.5 Å². The molecule has 1 heterocycles. The highest BCUT2D eigenvalue weighted by molar-refractivity contribution is 8.11. The second-order valence-electron chi connectivity index (χ2n) is 3.74. The number of carbonyl (C=O) groups is 2. The maximum absolute atomic E-state index is 12.0. The number of aliphatic hydroxyl groups is 1. The minimum atomic E-state index is -1.03. The van der Waals surface area contributed by atoms with Crippen LogP contribution in [-0.4, -0.2) is 40.1 Å². The van der Waals surface area contributed by atoms with Crippen molar-refractivity contribution in [3.8, 4) is 0 Å². The molecular weight excluding hydrogens is 260 g/mol. The van der Waals surface area contributed by atoms with Gasteiger partial charge in [0.2, 0.25) is 0 Å². The van der Waals surface area contributed by atoms with Crippen molar-refractivity contribution < 1.29 is 19.8 Å². The van der Waals surface area contributed by atoms with Gasteiger partial charge >= 0.3 is 5.97 Å². The maximum Gasteiger partial charge on any atom is 0.343 e. The summed E-state index contributed by atoms with van der Waals surface area (Å²) in [6.07, 6.45) is 0.947. The lowest BCUT2D eigenvalue weighted by Gasteiger charge is -2.17. The fraction of sp³-hybridized carbons (Fsp3) is 0.636. The summed E-state index contributed by atoms with van der Waals surface area (Å²) in [4.78, 5) is 23.5. The topological polar surface area (TPSA) is 74.6 Å². The van der Waals surface area contributed by atoms with Crippen LogP contribution in [0.25, 0.3) is 0 Å². The van der Waals surface area contributed by atoms with E-state index in [0.717, 1.165) is 17.9 Å². The molecule has 96 valence electrons. The molecule has 17 heavy (non-hydrogen) atoms. The molecule has 0 aromatic carbocycles. The van der Waals surface area contributed by atoms with Crippen LogP contribution in [0.2, 0.25) is 0 Å². The molecule has 0 amide bonds. The van der Waals surface area contributed by atoms with Crippen LogP contribution >= 0.6 is 23.5 Å². The van der Waals surface area contributed by atoms with Gasteiger partial charge in [0.25, 0.3) is 0 Å². The monoisotopic (exact) mass is 276 g/mol. The van der Waals surface area contributed by atoms with Gasteiger partial charge in [0.1, 0.15) is 4.91 Å². The first-order chi connectivity index (χ1) is 8.10. The summed E-state index contributed by atoms with van der Waals surface area (Å²) in [6, 6.07) is 0. The van der Waals surface area contributed by atoms with Crippen LogP contribution in [0, 0.1) is 5.92 Å². The Kier molecular flexibility index (Phi) is 6.08. The van der Waals surface area contributed by atoms with Gasteiger partial charge in [-0.25, -0.2) is 4.79 Å². The number of ketones is 1. The average Bonchev–Trinajstić information content (AvgIpc) is 2.35. The highest BCUT2D eigenvalue weighted by Gasteiger charge is 2.26. The number of thioether (sulfide) groups is 2. The third-order valence-electron chi connectivity index (χ3n) is 2.54. The molecule has 0 bridgehead atoms. The number of carboxylic acid groups (broad SMARTS) is 1. The number of aliphatic carboxylic acids is 1. The summed E-state index contributed by atoms with van der Waals surface area (Å²) < 4.78 is 0. The summed E-state index contributed by atoms with van der Waals surface area (Å²) in [5.41, 5.74) is 0. The molecule has 1 aliphatic rings. The Bertz CT molecular complexity index is 334. The largest absolute Gasteiger partial charge is 0.477 e. The molecule has 1 atom stereocenters. The molecule has 0 radical (unpaired) electrons. The van der Waals surface area contributed by atoms with E-state index in [0.29, 0.717) is 4.91 Å². The van der Waals surface area contributed by atoms with Crippen molar-refractivity contribution in [2.75, 3.05) is 18.1 Å². The Morgan fingerprint density at radius 3 is 2.35 bits per heavy atom. The molecule has 0 saturated heterocycles. The highest BCUT2D eigenvalue weighted by Crippen LogP contribution is 2.35. The molecular formula is C11H16O4S2. The maximum atomic E-state index is 12.0. The third kappa shape index (κ3) is 4.04. The van der Waals surface area contributed by atoms with E-state index in [9.17, 15) is 9.59 Å². The molecule has 0 aromatic heterocycles. The van der Waals surface area contributed by atoms with Crippen LogP contribution in [0.4, 0.5) is 0 Å². The molecule has 0 fully saturated rings. The van der Waals surface area contributed by atoms with Crippen LogP contribution in [0.3, 0.4) is 0 Å². The van der Waals surface area contributed by atoms with E-state index >= 15 is 0 Å². The van der Waals surface area contributed by atoms with E-state index in [2.05, 4.69) is 0 Å². The Hall–Kier alpha value is -0.460. The van der Waals surface area contributed by atoms with Gasteiger partial charge in [-0.2, -0.15) is 0 Å². The Labute approximate surface area is 109 Å². The zero-order valence-corrected chi connectivity index (χ0v) is 11.3. The molecule has 0 aliphatic carbocycles. The normalized spacial score (nSPS) is 18.0. The predicted octanol–water partition coefficient (Wildman–Crippen LogP) is 1.74. The number of carboxylic acids is 1. The van der Waals surface area contributed by atoms with Crippen LogP contribution in [-0.2, 0) is 9.59 Å². The lowest BCUT2D eigenvalue weighted by molar-refractivity contribution is -0.132. The van der Waals surface area contributed by atoms with Gasteiger partial charge in [-0.1, -0.05) is 13.3 Å². The first-order valence-corrected chi connectivity index (χ1v) is 7.44. The third-order valence-corrected chi connectivity index (χ3v) is 5.13. The van der Waals surface area contributed by atoms with E-state index in [1.807, 2.05) is 6.92 Å². The van der Waals surface area contributed by atoms with Gasteiger partial charge in [0.05, 0.1) is 4.91 Å². The molecule has 1 aliphatic heterocycles. The van der Waals surface area contributed by atoms with E-state index in [4.69, 9.17) is 10.2 Å². The highest BCUT2D eigenvalue weighted by atomic mass is 32.2. The zero-order valence-electron chi connectivity index (χ0n) is 9.64. The van der Waals surface area contributed by atoms with Crippen molar-refractivity contribution in [2.24, 2.45) is 5.92 Å². The summed E-state index contributed by atoms with van der Waals surface area (Å²) in [5, 5.41) is 18.1. The van der Waals surface area contributed by atoms with E-state index in [1.54, 1.807) is 0 Å². The molecule has 2 N–H and O–H groups in total. The second-order valence-corrected chi connectivity index (χ2v) is 5.95. The van der Waals surface area contributed by atoms with Gasteiger partial charge in [-0.3, -0.25) is 4.79 Å². The smallest absolute Gasteiger partial charge is 0.343 e. The average molecular weight is 276 g/mol. The van der Waals surface area contributed by atoms with Crippen molar-refractivity contribution >= 4 is 35.3 Å². The number of hydrogen-bond donors (Lipinski definition) is 2. The minimum Gasteiger partial charge on any atom is -0.477 e. The lowest BCUT2D eigenvalue weighted by Crippen LogP contribution is -2.17. The molecule has 1 rings (SSSR count). The number of Topliss-reactive ketones (excluding diaryl/α,β-unsaturated/α-hetero) is 1.